The van der Waals surface area contributed by atoms with E-state index in [0.29, 0.717) is 24.6 Å². The van der Waals surface area contributed by atoms with E-state index in [1.807, 2.05) is 6.07 Å². The number of nitrogens with one attached hydrogen (secondary N) is 3. The predicted octanol–water partition coefficient (Wildman–Crippen LogP) is 1.74. The number of hydrogen-bond acceptors (Lipinski definition) is 3. The lowest BCUT2D eigenvalue weighted by molar-refractivity contribution is 0.446. The van der Waals surface area contributed by atoms with Crippen molar-refractivity contribution in [2.75, 3.05) is 19.8 Å². The van der Waals surface area contributed by atoms with Crippen LogP contribution in [0.1, 0.15) is 25.0 Å². The van der Waals surface area contributed by atoms with Gasteiger partial charge in [0, 0.05) is 25.7 Å². The second-order valence-corrected chi connectivity index (χ2v) is 7.87. The van der Waals surface area contributed by atoms with E-state index in [1.165, 1.54) is 6.07 Å². The third kappa shape index (κ3) is 8.78. The first-order valence-corrected chi connectivity index (χ1v) is 9.10. The molecule has 3 N–H and O–H groups in total. The van der Waals surface area contributed by atoms with Crippen LogP contribution in [0, 0.1) is 12.7 Å². The Kier molecular flexibility index (Phi) is 9.15. The van der Waals surface area contributed by atoms with E-state index >= 15 is 0 Å². The average Bonchev–Trinajstić information content (AvgIpc) is 2.40. The summed E-state index contributed by atoms with van der Waals surface area (Å²) in [6.07, 6.45) is 1.12. The molecular formula is C15H26FIN4O2S. The van der Waals surface area contributed by atoms with Crippen molar-refractivity contribution in [2.24, 2.45) is 4.99 Å². The van der Waals surface area contributed by atoms with Crippen molar-refractivity contribution < 1.29 is 12.8 Å². The van der Waals surface area contributed by atoms with Crippen LogP contribution in [0.4, 0.5) is 4.39 Å². The fourth-order valence-corrected chi connectivity index (χ4v) is 3.07. The van der Waals surface area contributed by atoms with E-state index in [4.69, 9.17) is 0 Å². The zero-order chi connectivity index (χ0) is 17.7. The molecule has 0 radical (unpaired) electrons. The molecule has 138 valence electrons. The average molecular weight is 472 g/mol. The molecule has 1 rings (SSSR count). The molecule has 0 aliphatic rings. The van der Waals surface area contributed by atoms with Crippen LogP contribution >= 0.6 is 24.0 Å². The van der Waals surface area contributed by atoms with Crippen LogP contribution in [-0.4, -0.2) is 39.8 Å². The van der Waals surface area contributed by atoms with Crippen LogP contribution in [0.5, 0.6) is 0 Å². The number of nitrogens with zero attached hydrogens (tertiary/aromatic N) is 1. The maximum absolute atomic E-state index is 13.5. The van der Waals surface area contributed by atoms with Crippen LogP contribution in [-0.2, 0) is 16.6 Å². The summed E-state index contributed by atoms with van der Waals surface area (Å²) in [6, 6.07) is 5.04. The fourth-order valence-electron chi connectivity index (χ4n) is 2.00. The summed E-state index contributed by atoms with van der Waals surface area (Å²) in [5.74, 6) is 0.264. The summed E-state index contributed by atoms with van der Waals surface area (Å²) in [5.41, 5.74) is 0.732. The highest BCUT2D eigenvalue weighted by atomic mass is 127. The van der Waals surface area contributed by atoms with Crippen LogP contribution in [0.25, 0.3) is 0 Å². The van der Waals surface area contributed by atoms with Gasteiger partial charge in [-0.25, -0.2) is 17.5 Å². The van der Waals surface area contributed by atoms with Gasteiger partial charge in [-0.1, -0.05) is 12.1 Å². The normalized spacial score (nSPS) is 12.5. The highest BCUT2D eigenvalue weighted by molar-refractivity contribution is 14.0. The third-order valence-electron chi connectivity index (χ3n) is 3.08. The lowest BCUT2D eigenvalue weighted by Crippen LogP contribution is -2.52. The minimum Gasteiger partial charge on any atom is -0.355 e. The van der Waals surface area contributed by atoms with Crippen molar-refractivity contribution in [2.45, 2.75) is 32.9 Å². The molecule has 0 fully saturated rings. The maximum atomic E-state index is 13.5. The number of sulfonamides is 1. The summed E-state index contributed by atoms with van der Waals surface area (Å²) in [5, 5.41) is 6.11. The summed E-state index contributed by atoms with van der Waals surface area (Å²) in [6.45, 7) is 6.01. The van der Waals surface area contributed by atoms with Crippen molar-refractivity contribution in [3.63, 3.8) is 0 Å². The van der Waals surface area contributed by atoms with Crippen LogP contribution < -0.4 is 15.4 Å². The van der Waals surface area contributed by atoms with Gasteiger partial charge < -0.3 is 10.6 Å². The smallest absolute Gasteiger partial charge is 0.209 e. The Morgan fingerprint density at radius 2 is 1.92 bits per heavy atom. The molecule has 0 aromatic heterocycles. The van der Waals surface area contributed by atoms with Crippen molar-refractivity contribution in [3.05, 3.63) is 35.1 Å². The van der Waals surface area contributed by atoms with Gasteiger partial charge in [-0.3, -0.25) is 4.99 Å². The lowest BCUT2D eigenvalue weighted by atomic mass is 10.1. The SMILES string of the molecule is CN=C(NCc1ccc(C)c(F)c1)NCC(C)(C)NS(C)(=O)=O.I. The van der Waals surface area contributed by atoms with Gasteiger partial charge in [0.2, 0.25) is 10.0 Å². The molecule has 0 spiro atoms. The summed E-state index contributed by atoms with van der Waals surface area (Å²) in [7, 11) is -1.68. The Hall–Kier alpha value is -0.940. The Balaban J connectivity index is 0.00000529. The molecule has 0 bridgehead atoms. The molecule has 6 nitrogen and oxygen atoms in total. The fraction of sp³-hybridized carbons (Fsp3) is 0.533. The standard InChI is InChI=1S/C15H25FN4O2S.HI/c1-11-6-7-12(8-13(11)16)9-18-14(17-4)19-10-15(2,3)20-23(5,21)22;/h6-8,20H,9-10H2,1-5H3,(H2,17,18,19);1H. The zero-order valence-electron chi connectivity index (χ0n) is 14.6. The predicted molar refractivity (Wildman–Crippen MR) is 107 cm³/mol. The quantitative estimate of drug-likeness (QED) is 0.335. The maximum Gasteiger partial charge on any atom is 0.209 e. The van der Waals surface area contributed by atoms with E-state index in [-0.39, 0.29) is 29.8 Å². The topological polar surface area (TPSA) is 82.6 Å². The van der Waals surface area contributed by atoms with Gasteiger partial charge in [0.15, 0.2) is 5.96 Å². The molecule has 24 heavy (non-hydrogen) atoms. The molecule has 0 saturated heterocycles. The number of aliphatic imine (C=N–C) groups is 1. The molecule has 0 aliphatic carbocycles. The van der Waals surface area contributed by atoms with Crippen molar-refractivity contribution >= 4 is 40.0 Å². The first-order valence-electron chi connectivity index (χ1n) is 7.21. The Morgan fingerprint density at radius 1 is 1.29 bits per heavy atom. The van der Waals surface area contributed by atoms with E-state index in [2.05, 4.69) is 20.3 Å². The number of rotatable bonds is 6. The molecule has 0 atom stereocenters. The van der Waals surface area contributed by atoms with E-state index in [1.54, 1.807) is 33.9 Å². The number of halogens is 2. The number of benzene rings is 1. The number of guanidine groups is 1. The molecule has 0 unspecified atom stereocenters. The minimum atomic E-state index is -3.29. The molecule has 9 heteroatoms. The lowest BCUT2D eigenvalue weighted by Gasteiger charge is -2.26. The van der Waals surface area contributed by atoms with Crippen LogP contribution in [0.3, 0.4) is 0 Å². The number of hydrogen-bond donors (Lipinski definition) is 3. The molecule has 0 aliphatic heterocycles. The second-order valence-electron chi connectivity index (χ2n) is 6.12. The summed E-state index contributed by atoms with van der Waals surface area (Å²) in [4.78, 5) is 4.07. The van der Waals surface area contributed by atoms with Gasteiger partial charge in [0.25, 0.3) is 0 Å². The molecule has 0 amide bonds. The van der Waals surface area contributed by atoms with Gasteiger partial charge in [-0.05, 0) is 38.0 Å². The van der Waals surface area contributed by atoms with E-state index in [9.17, 15) is 12.8 Å². The number of aryl methyl sites for hydroxylation is 1. The Bertz CT molecular complexity index is 678. The molecular weight excluding hydrogens is 446 g/mol. The summed E-state index contributed by atoms with van der Waals surface area (Å²) >= 11 is 0. The second kappa shape index (κ2) is 9.52. The Labute approximate surface area is 160 Å². The molecule has 0 saturated carbocycles. The van der Waals surface area contributed by atoms with E-state index in [0.717, 1.165) is 11.8 Å². The van der Waals surface area contributed by atoms with Crippen molar-refractivity contribution in [3.8, 4) is 0 Å². The first kappa shape index (κ1) is 23.1. The van der Waals surface area contributed by atoms with Gasteiger partial charge in [0.05, 0.1) is 6.26 Å². The first-order chi connectivity index (χ1) is 10.5. The minimum absolute atomic E-state index is 0. The van der Waals surface area contributed by atoms with Crippen LogP contribution in [0.15, 0.2) is 23.2 Å². The molecule has 0 heterocycles. The zero-order valence-corrected chi connectivity index (χ0v) is 17.8. The van der Waals surface area contributed by atoms with Crippen molar-refractivity contribution in [1.82, 2.24) is 15.4 Å². The highest BCUT2D eigenvalue weighted by Gasteiger charge is 2.22. The Morgan fingerprint density at radius 3 is 2.42 bits per heavy atom. The molecule has 1 aromatic rings. The largest absolute Gasteiger partial charge is 0.355 e. The van der Waals surface area contributed by atoms with Crippen LogP contribution in [0.2, 0.25) is 0 Å². The van der Waals surface area contributed by atoms with Gasteiger partial charge >= 0.3 is 0 Å². The van der Waals surface area contributed by atoms with Gasteiger partial charge in [-0.2, -0.15) is 0 Å². The third-order valence-corrected chi connectivity index (χ3v) is 4.00. The van der Waals surface area contributed by atoms with Gasteiger partial charge in [0.1, 0.15) is 5.82 Å². The summed E-state index contributed by atoms with van der Waals surface area (Å²) < 4.78 is 38.7. The van der Waals surface area contributed by atoms with E-state index < -0.39 is 15.6 Å². The molecule has 1 aromatic carbocycles. The van der Waals surface area contributed by atoms with Gasteiger partial charge in [-0.15, -0.1) is 24.0 Å². The monoisotopic (exact) mass is 472 g/mol. The van der Waals surface area contributed by atoms with Crippen molar-refractivity contribution in [1.29, 1.82) is 0 Å². The highest BCUT2D eigenvalue weighted by Crippen LogP contribution is 2.08.